The van der Waals surface area contributed by atoms with Gasteiger partial charge in [0.05, 0.1) is 24.7 Å². The molecule has 0 atom stereocenters. The van der Waals surface area contributed by atoms with Gasteiger partial charge in [-0.25, -0.2) is 0 Å². The van der Waals surface area contributed by atoms with Crippen molar-refractivity contribution in [3.63, 3.8) is 0 Å². The summed E-state index contributed by atoms with van der Waals surface area (Å²) in [7, 11) is 0. The van der Waals surface area contributed by atoms with Gasteiger partial charge < -0.3 is 9.47 Å². The van der Waals surface area contributed by atoms with Crippen molar-refractivity contribution in [2.75, 3.05) is 13.2 Å². The minimum Gasteiger partial charge on any atom is -0.346 e. The maximum Gasteiger partial charge on any atom is 0.184 e. The highest BCUT2D eigenvalue weighted by Crippen LogP contribution is 2.34. The summed E-state index contributed by atoms with van der Waals surface area (Å²) < 4.78 is 11.2. The molecule has 0 amide bonds. The zero-order chi connectivity index (χ0) is 17.0. The Morgan fingerprint density at radius 1 is 0.955 bits per heavy atom. The quantitative estimate of drug-likeness (QED) is 0.783. The van der Waals surface area contributed by atoms with Crippen molar-refractivity contribution in [2.45, 2.75) is 65.6 Å². The molecule has 0 bridgehead atoms. The van der Waals surface area contributed by atoms with Crippen LogP contribution in [-0.4, -0.2) is 13.2 Å². The number of benzene rings is 1. The van der Waals surface area contributed by atoms with Gasteiger partial charge in [0.25, 0.3) is 0 Å². The Balaban J connectivity index is 0.00000116. The molecule has 3 heteroatoms. The molecule has 1 aliphatic rings. The lowest BCUT2D eigenvalue weighted by molar-refractivity contribution is -0.0442. The highest BCUT2D eigenvalue weighted by atomic mass is 16.7. The van der Waals surface area contributed by atoms with Gasteiger partial charge in [-0.15, -0.1) is 0 Å². The van der Waals surface area contributed by atoms with Crippen LogP contribution in [0, 0.1) is 11.3 Å². The van der Waals surface area contributed by atoms with E-state index < -0.39 is 5.41 Å². The molecular weight excluding hydrogens is 274 g/mol. The van der Waals surface area contributed by atoms with Crippen LogP contribution < -0.4 is 0 Å². The predicted octanol–water partition coefficient (Wildman–Crippen LogP) is 4.86. The first-order valence-corrected chi connectivity index (χ1v) is 8.04. The number of nitriles is 1. The molecule has 0 aromatic heterocycles. The molecule has 1 aromatic carbocycles. The third-order valence-electron chi connectivity index (χ3n) is 3.72. The second kappa shape index (κ2) is 7.26. The van der Waals surface area contributed by atoms with E-state index in [0.717, 1.165) is 11.1 Å². The molecule has 1 aliphatic heterocycles. The number of hydrogen-bond donors (Lipinski definition) is 0. The summed E-state index contributed by atoms with van der Waals surface area (Å²) in [5.74, 6) is 0. The second-order valence-corrected chi connectivity index (χ2v) is 6.90. The fourth-order valence-electron chi connectivity index (χ4n) is 2.20. The van der Waals surface area contributed by atoms with Gasteiger partial charge in [-0.2, -0.15) is 5.26 Å². The molecule has 0 radical (unpaired) electrons. The molecule has 22 heavy (non-hydrogen) atoms. The average molecular weight is 303 g/mol. The topological polar surface area (TPSA) is 42.2 Å². The summed E-state index contributed by atoms with van der Waals surface area (Å²) in [6, 6.07) is 8.67. The standard InChI is InChI=1S/C17H23NO2.C2H6/c1-16(2,3)13-8-12(15-19-6-7-20-15)9-14(10-13)17(4,5)11-18;1-2/h8-10,15H,6-7H2,1-5H3;1-2H3. The van der Waals surface area contributed by atoms with Gasteiger partial charge >= 0.3 is 0 Å². The summed E-state index contributed by atoms with van der Waals surface area (Å²) in [4.78, 5) is 0. The van der Waals surface area contributed by atoms with Gasteiger partial charge in [0, 0.05) is 5.56 Å². The average Bonchev–Trinajstić information content (AvgIpc) is 3.02. The molecule has 0 saturated carbocycles. The third kappa shape index (κ3) is 4.32. The summed E-state index contributed by atoms with van der Waals surface area (Å²) in [6.07, 6.45) is -0.300. The van der Waals surface area contributed by atoms with E-state index in [1.54, 1.807) is 0 Å². The number of hydrogen-bond acceptors (Lipinski definition) is 3. The van der Waals surface area contributed by atoms with Crippen molar-refractivity contribution in [2.24, 2.45) is 0 Å². The zero-order valence-corrected chi connectivity index (χ0v) is 15.0. The minimum absolute atomic E-state index is 0.0227. The lowest BCUT2D eigenvalue weighted by atomic mass is 9.79. The van der Waals surface area contributed by atoms with Crippen LogP contribution in [0.3, 0.4) is 0 Å². The van der Waals surface area contributed by atoms with Crippen molar-refractivity contribution in [1.82, 2.24) is 0 Å². The van der Waals surface area contributed by atoms with E-state index >= 15 is 0 Å². The Morgan fingerprint density at radius 3 is 1.91 bits per heavy atom. The van der Waals surface area contributed by atoms with Crippen LogP contribution in [0.5, 0.6) is 0 Å². The lowest BCUT2D eigenvalue weighted by Crippen LogP contribution is -2.19. The Morgan fingerprint density at radius 2 is 1.45 bits per heavy atom. The number of nitrogens with zero attached hydrogens (tertiary/aromatic N) is 1. The Hall–Kier alpha value is -1.37. The molecule has 3 nitrogen and oxygen atoms in total. The molecule has 0 N–H and O–H groups in total. The van der Waals surface area contributed by atoms with Crippen LogP contribution >= 0.6 is 0 Å². The van der Waals surface area contributed by atoms with E-state index in [-0.39, 0.29) is 11.7 Å². The van der Waals surface area contributed by atoms with Crippen molar-refractivity contribution < 1.29 is 9.47 Å². The normalized spacial score (nSPS) is 15.9. The van der Waals surface area contributed by atoms with Gasteiger partial charge in [-0.05, 0) is 36.5 Å². The summed E-state index contributed by atoms with van der Waals surface area (Å²) >= 11 is 0. The Labute approximate surface area is 135 Å². The van der Waals surface area contributed by atoms with Crippen LogP contribution in [0.15, 0.2) is 18.2 Å². The molecule has 0 aliphatic carbocycles. The summed E-state index contributed by atoms with van der Waals surface area (Å²) in [6.45, 7) is 15.6. The van der Waals surface area contributed by atoms with Crippen LogP contribution in [0.2, 0.25) is 0 Å². The summed E-state index contributed by atoms with van der Waals surface area (Å²) in [5.41, 5.74) is 2.73. The highest BCUT2D eigenvalue weighted by Gasteiger charge is 2.27. The monoisotopic (exact) mass is 303 g/mol. The molecule has 1 heterocycles. The van der Waals surface area contributed by atoms with Crippen molar-refractivity contribution in [3.8, 4) is 6.07 Å². The lowest BCUT2D eigenvalue weighted by Gasteiger charge is -2.25. The predicted molar refractivity (Wildman–Crippen MR) is 89.8 cm³/mol. The van der Waals surface area contributed by atoms with E-state index in [2.05, 4.69) is 39.0 Å². The van der Waals surface area contributed by atoms with E-state index in [0.29, 0.717) is 13.2 Å². The minimum atomic E-state index is -0.519. The van der Waals surface area contributed by atoms with E-state index in [4.69, 9.17) is 9.47 Å². The first-order valence-electron chi connectivity index (χ1n) is 8.04. The van der Waals surface area contributed by atoms with Gasteiger partial charge in [0.2, 0.25) is 0 Å². The molecule has 2 rings (SSSR count). The van der Waals surface area contributed by atoms with Crippen LogP contribution in [0.25, 0.3) is 0 Å². The van der Waals surface area contributed by atoms with Gasteiger partial charge in [-0.3, -0.25) is 0 Å². The molecule has 0 spiro atoms. The van der Waals surface area contributed by atoms with E-state index in [9.17, 15) is 5.26 Å². The van der Waals surface area contributed by atoms with Gasteiger partial charge in [0.15, 0.2) is 6.29 Å². The molecular formula is C19H29NO2. The largest absolute Gasteiger partial charge is 0.346 e. The molecule has 122 valence electrons. The Kier molecular flexibility index (Phi) is 6.17. The highest BCUT2D eigenvalue weighted by molar-refractivity contribution is 5.40. The molecule has 0 unspecified atom stereocenters. The maximum atomic E-state index is 9.38. The number of rotatable bonds is 2. The second-order valence-electron chi connectivity index (χ2n) is 6.90. The Bertz CT molecular complexity index is 529. The molecule has 1 saturated heterocycles. The maximum absolute atomic E-state index is 9.38. The smallest absolute Gasteiger partial charge is 0.184 e. The van der Waals surface area contributed by atoms with Crippen LogP contribution in [0.1, 0.15) is 71.4 Å². The fraction of sp³-hybridized carbons (Fsp3) is 0.632. The zero-order valence-electron chi connectivity index (χ0n) is 15.0. The molecule has 1 fully saturated rings. The SMILES string of the molecule is CC.CC(C)(C)c1cc(C2OCCO2)cc(C(C)(C)C#N)c1. The first-order chi connectivity index (χ1) is 10.2. The fourth-order valence-corrected chi connectivity index (χ4v) is 2.20. The third-order valence-corrected chi connectivity index (χ3v) is 3.72. The van der Waals surface area contributed by atoms with Crippen molar-refractivity contribution >= 4 is 0 Å². The molecule has 1 aromatic rings. The van der Waals surface area contributed by atoms with Crippen LogP contribution in [-0.2, 0) is 20.3 Å². The van der Waals surface area contributed by atoms with E-state index in [1.807, 2.05) is 33.8 Å². The van der Waals surface area contributed by atoms with Crippen LogP contribution in [0.4, 0.5) is 0 Å². The van der Waals surface area contributed by atoms with Crippen molar-refractivity contribution in [3.05, 3.63) is 34.9 Å². The first kappa shape index (κ1) is 18.7. The van der Waals surface area contributed by atoms with Crippen molar-refractivity contribution in [1.29, 1.82) is 5.26 Å². The van der Waals surface area contributed by atoms with E-state index in [1.165, 1.54) is 5.56 Å². The summed E-state index contributed by atoms with van der Waals surface area (Å²) in [5, 5.41) is 9.38. The van der Waals surface area contributed by atoms with Gasteiger partial charge in [0.1, 0.15) is 0 Å². The van der Waals surface area contributed by atoms with Gasteiger partial charge in [-0.1, -0.05) is 46.8 Å². The number of ether oxygens (including phenoxy) is 2.